The predicted octanol–water partition coefficient (Wildman–Crippen LogP) is 3.40. The average Bonchev–Trinajstić information content (AvgIpc) is 2.35. The van der Waals surface area contributed by atoms with E-state index in [1.54, 1.807) is 27.0 Å². The normalized spacial score (nSPS) is 16.6. The summed E-state index contributed by atoms with van der Waals surface area (Å²) in [6, 6.07) is 3.68. The molecule has 1 aliphatic heterocycles. The summed E-state index contributed by atoms with van der Waals surface area (Å²) in [7, 11) is 0. The van der Waals surface area contributed by atoms with E-state index >= 15 is 0 Å². The molecule has 1 saturated heterocycles. The van der Waals surface area contributed by atoms with Gasteiger partial charge < -0.3 is 14.7 Å². The first-order chi connectivity index (χ1) is 10.6. The number of amides is 1. The van der Waals surface area contributed by atoms with Crippen molar-refractivity contribution in [2.45, 2.75) is 42.6 Å². The second kappa shape index (κ2) is 6.68. The lowest BCUT2D eigenvalue weighted by Gasteiger charge is -2.48. The lowest BCUT2D eigenvalue weighted by molar-refractivity contribution is -0.138. The number of pyridine rings is 1. The number of aliphatic carboxylic acids is 1. The minimum atomic E-state index is -0.890. The molecule has 0 atom stereocenters. The van der Waals surface area contributed by atoms with Crippen molar-refractivity contribution in [1.29, 1.82) is 0 Å². The number of aromatic nitrogens is 1. The van der Waals surface area contributed by atoms with Crippen LogP contribution in [0.25, 0.3) is 0 Å². The molecule has 0 spiro atoms. The zero-order chi connectivity index (χ0) is 17.3. The van der Waals surface area contributed by atoms with Gasteiger partial charge in [-0.15, -0.1) is 0 Å². The maximum absolute atomic E-state index is 12.0. The number of likely N-dealkylation sites (tertiary alicyclic amines) is 1. The lowest BCUT2D eigenvalue weighted by atomic mass is 9.95. The number of ether oxygens (including phenoxy) is 1. The number of carbonyl (C=O) groups excluding carboxylic acids is 1. The number of halogens is 1. The van der Waals surface area contributed by atoms with Crippen molar-refractivity contribution in [3.63, 3.8) is 0 Å². The van der Waals surface area contributed by atoms with Gasteiger partial charge >= 0.3 is 12.1 Å². The Morgan fingerprint density at radius 3 is 2.57 bits per heavy atom. The molecule has 1 aromatic rings. The topological polar surface area (TPSA) is 79.7 Å². The summed E-state index contributed by atoms with van der Waals surface area (Å²) in [5.74, 6) is -0.890. The number of carbonyl (C=O) groups is 2. The Kier molecular flexibility index (Phi) is 5.25. The second-order valence-corrected chi connectivity index (χ2v) is 8.91. The molecule has 0 aliphatic carbocycles. The summed E-state index contributed by atoms with van der Waals surface area (Å²) in [5.41, 5.74) is -0.567. The van der Waals surface area contributed by atoms with Crippen LogP contribution in [-0.2, 0) is 9.53 Å². The zero-order valence-electron chi connectivity index (χ0n) is 13.2. The fourth-order valence-corrected chi connectivity index (χ4v) is 3.79. The van der Waals surface area contributed by atoms with E-state index in [9.17, 15) is 14.7 Å². The van der Waals surface area contributed by atoms with E-state index in [1.807, 2.05) is 12.1 Å². The molecule has 2 rings (SSSR count). The third-order valence-corrected chi connectivity index (χ3v) is 4.86. The molecule has 23 heavy (non-hydrogen) atoms. The highest BCUT2D eigenvalue weighted by Crippen LogP contribution is 2.42. The molecule has 8 heteroatoms. The summed E-state index contributed by atoms with van der Waals surface area (Å²) in [6.07, 6.45) is 1.22. The summed E-state index contributed by atoms with van der Waals surface area (Å²) in [5, 5.41) is 9.91. The van der Waals surface area contributed by atoms with Crippen LogP contribution in [0.4, 0.5) is 4.79 Å². The van der Waals surface area contributed by atoms with E-state index in [2.05, 4.69) is 20.9 Å². The third-order valence-electron chi connectivity index (χ3n) is 3.10. The Bertz CT molecular complexity index is 594. The van der Waals surface area contributed by atoms with Crippen molar-refractivity contribution in [2.24, 2.45) is 0 Å². The smallest absolute Gasteiger partial charge is 0.410 e. The van der Waals surface area contributed by atoms with Gasteiger partial charge in [-0.3, -0.25) is 4.79 Å². The molecule has 0 unspecified atom stereocenters. The van der Waals surface area contributed by atoms with Crippen LogP contribution in [-0.4, -0.2) is 50.5 Å². The van der Waals surface area contributed by atoms with E-state index in [4.69, 9.17) is 4.74 Å². The molecule has 1 aliphatic rings. The highest BCUT2D eigenvalue weighted by atomic mass is 79.9. The highest BCUT2D eigenvalue weighted by Gasteiger charge is 2.49. The van der Waals surface area contributed by atoms with Crippen molar-refractivity contribution in [2.75, 3.05) is 13.1 Å². The van der Waals surface area contributed by atoms with Gasteiger partial charge in [0.15, 0.2) is 0 Å². The van der Waals surface area contributed by atoms with Gasteiger partial charge in [-0.05, 0) is 48.8 Å². The summed E-state index contributed by atoms with van der Waals surface area (Å²) in [4.78, 5) is 29.0. The summed E-state index contributed by atoms with van der Waals surface area (Å²) in [6.45, 7) is 6.06. The van der Waals surface area contributed by atoms with Gasteiger partial charge in [0.05, 0.1) is 16.2 Å². The van der Waals surface area contributed by atoms with Crippen molar-refractivity contribution >= 4 is 39.8 Å². The molecule has 1 amide bonds. The van der Waals surface area contributed by atoms with Crippen LogP contribution in [0, 0.1) is 0 Å². The molecule has 0 radical (unpaired) electrons. The van der Waals surface area contributed by atoms with Gasteiger partial charge in [0, 0.05) is 23.8 Å². The van der Waals surface area contributed by atoms with Crippen molar-refractivity contribution in [3.8, 4) is 0 Å². The third kappa shape index (κ3) is 5.10. The lowest BCUT2D eigenvalue weighted by Crippen LogP contribution is -2.62. The Morgan fingerprint density at radius 2 is 2.09 bits per heavy atom. The molecule has 6 nitrogen and oxygen atoms in total. The van der Waals surface area contributed by atoms with Crippen LogP contribution in [0.1, 0.15) is 27.2 Å². The number of thioether (sulfide) groups is 1. The quantitative estimate of drug-likeness (QED) is 0.830. The molecular formula is C15H19BrN2O4S. The highest BCUT2D eigenvalue weighted by molar-refractivity contribution is 9.10. The molecule has 0 bridgehead atoms. The average molecular weight is 403 g/mol. The van der Waals surface area contributed by atoms with Crippen molar-refractivity contribution in [3.05, 3.63) is 22.8 Å². The molecule has 126 valence electrons. The molecule has 0 saturated carbocycles. The van der Waals surface area contributed by atoms with E-state index < -0.39 is 22.4 Å². The Balaban J connectivity index is 2.04. The molecule has 1 aromatic heterocycles. The molecule has 1 N–H and O–H groups in total. The predicted molar refractivity (Wildman–Crippen MR) is 90.6 cm³/mol. The zero-order valence-corrected chi connectivity index (χ0v) is 15.6. The van der Waals surface area contributed by atoms with Crippen LogP contribution in [0.5, 0.6) is 0 Å². The Labute approximate surface area is 147 Å². The minimum Gasteiger partial charge on any atom is -0.481 e. The first-order valence-electron chi connectivity index (χ1n) is 7.09. The van der Waals surface area contributed by atoms with E-state index in [0.717, 1.165) is 9.50 Å². The second-order valence-electron chi connectivity index (χ2n) is 6.51. The van der Waals surface area contributed by atoms with Crippen LogP contribution in [0.3, 0.4) is 0 Å². The maximum Gasteiger partial charge on any atom is 0.410 e. The standard InChI is InChI=1S/C15H19BrN2O4S/c1-14(2,3)22-13(21)18-8-15(9-18,6-12(19)20)23-11-5-4-10(16)7-17-11/h4-5,7H,6,8-9H2,1-3H3,(H,19,20). The van der Waals surface area contributed by atoms with Gasteiger partial charge in [-0.1, -0.05) is 11.8 Å². The largest absolute Gasteiger partial charge is 0.481 e. The molecular weight excluding hydrogens is 384 g/mol. The molecule has 2 heterocycles. The summed E-state index contributed by atoms with van der Waals surface area (Å²) < 4.78 is 5.61. The van der Waals surface area contributed by atoms with Crippen molar-refractivity contribution < 1.29 is 19.4 Å². The Hall–Kier alpha value is -1.28. The fraction of sp³-hybridized carbons (Fsp3) is 0.533. The van der Waals surface area contributed by atoms with Gasteiger partial charge in [0.25, 0.3) is 0 Å². The first kappa shape index (κ1) is 18.1. The van der Waals surface area contributed by atoms with Gasteiger partial charge in [-0.25, -0.2) is 9.78 Å². The van der Waals surface area contributed by atoms with E-state index in [-0.39, 0.29) is 6.42 Å². The summed E-state index contributed by atoms with van der Waals surface area (Å²) >= 11 is 4.71. The van der Waals surface area contributed by atoms with Crippen LogP contribution < -0.4 is 0 Å². The van der Waals surface area contributed by atoms with E-state index in [1.165, 1.54) is 16.7 Å². The fourth-order valence-electron chi connectivity index (χ4n) is 2.24. The maximum atomic E-state index is 12.0. The minimum absolute atomic E-state index is 0.0330. The van der Waals surface area contributed by atoms with Gasteiger partial charge in [0.2, 0.25) is 0 Å². The van der Waals surface area contributed by atoms with E-state index in [0.29, 0.717) is 13.1 Å². The number of rotatable bonds is 4. The molecule has 1 fully saturated rings. The van der Waals surface area contributed by atoms with Crippen molar-refractivity contribution in [1.82, 2.24) is 9.88 Å². The number of hydrogen-bond donors (Lipinski definition) is 1. The number of nitrogens with zero attached hydrogens (tertiary/aromatic N) is 2. The number of carboxylic acid groups (broad SMARTS) is 1. The van der Waals surface area contributed by atoms with Gasteiger partial charge in [-0.2, -0.15) is 0 Å². The van der Waals surface area contributed by atoms with Crippen LogP contribution >= 0.6 is 27.7 Å². The SMILES string of the molecule is CC(C)(C)OC(=O)N1CC(CC(=O)O)(Sc2ccc(Br)cn2)C1. The Morgan fingerprint density at radius 1 is 1.43 bits per heavy atom. The first-order valence-corrected chi connectivity index (χ1v) is 8.70. The molecule has 0 aromatic carbocycles. The monoisotopic (exact) mass is 402 g/mol. The van der Waals surface area contributed by atoms with Gasteiger partial charge in [0.1, 0.15) is 5.60 Å². The number of hydrogen-bond acceptors (Lipinski definition) is 5. The number of carboxylic acids is 1. The van der Waals surface area contributed by atoms with Crippen LogP contribution in [0.15, 0.2) is 27.8 Å². The van der Waals surface area contributed by atoms with Crippen LogP contribution in [0.2, 0.25) is 0 Å².